The fourth-order valence-electron chi connectivity index (χ4n) is 5.97. The highest BCUT2D eigenvalue weighted by Gasteiger charge is 2.20. The molecule has 1 aromatic heterocycles. The average Bonchev–Trinajstić information content (AvgIpc) is 3.23. The zero-order chi connectivity index (χ0) is 41.2. The van der Waals surface area contributed by atoms with Gasteiger partial charge in [0.05, 0.1) is 79.0 Å². The number of hydrogen-bond donors (Lipinski definition) is 2. The first-order chi connectivity index (χ1) is 28.4. The number of methoxy groups -OCH3 is 1. The number of carbonyl (C=O) groups is 3. The van der Waals surface area contributed by atoms with Crippen molar-refractivity contribution in [3.8, 4) is 16.9 Å². The van der Waals surface area contributed by atoms with Gasteiger partial charge in [0.15, 0.2) is 0 Å². The topological polar surface area (TPSA) is 192 Å². The minimum absolute atomic E-state index is 0.0731. The van der Waals surface area contributed by atoms with Crippen LogP contribution in [0.1, 0.15) is 48.5 Å². The van der Waals surface area contributed by atoms with Crippen molar-refractivity contribution in [2.24, 2.45) is 5.11 Å². The molecule has 1 atom stereocenters. The van der Waals surface area contributed by atoms with Gasteiger partial charge in [-0.25, -0.2) is 0 Å². The van der Waals surface area contributed by atoms with Gasteiger partial charge >= 0.3 is 5.97 Å². The van der Waals surface area contributed by atoms with Crippen LogP contribution in [0.3, 0.4) is 0 Å². The van der Waals surface area contributed by atoms with E-state index in [-0.39, 0.29) is 18.9 Å². The van der Waals surface area contributed by atoms with E-state index in [0.29, 0.717) is 90.2 Å². The van der Waals surface area contributed by atoms with Crippen LogP contribution in [-0.2, 0) is 44.5 Å². The number of aromatic nitrogens is 1. The number of azide groups is 1. The van der Waals surface area contributed by atoms with E-state index in [2.05, 4.69) is 31.7 Å². The van der Waals surface area contributed by atoms with Crippen molar-refractivity contribution in [3.63, 3.8) is 0 Å². The maximum Gasteiger partial charge on any atom is 0.307 e. The van der Waals surface area contributed by atoms with E-state index in [1.165, 1.54) is 7.11 Å². The van der Waals surface area contributed by atoms with E-state index in [4.69, 9.17) is 34.0 Å². The molecule has 0 aliphatic heterocycles. The second-order valence-corrected chi connectivity index (χ2v) is 13.3. The van der Waals surface area contributed by atoms with Gasteiger partial charge in [-0.1, -0.05) is 53.6 Å². The van der Waals surface area contributed by atoms with E-state index < -0.39 is 17.9 Å². The first kappa shape index (κ1) is 45.1. The fourth-order valence-corrected chi connectivity index (χ4v) is 5.97. The molecule has 0 saturated carbocycles. The number of nitrogens with zero attached hydrogens (tertiary/aromatic N) is 4. The number of carbonyl (C=O) groups excluding carboxylic acids is 3. The Hall–Kier alpha value is -5.57. The first-order valence-electron chi connectivity index (χ1n) is 19.5. The number of pyridine rings is 1. The van der Waals surface area contributed by atoms with E-state index >= 15 is 0 Å². The number of amides is 2. The molecule has 0 spiro atoms. The van der Waals surface area contributed by atoms with E-state index in [9.17, 15) is 14.4 Å². The summed E-state index contributed by atoms with van der Waals surface area (Å²) in [5.41, 5.74) is 13.0. The summed E-state index contributed by atoms with van der Waals surface area (Å²) in [6.45, 7) is 5.80. The van der Waals surface area contributed by atoms with Crippen molar-refractivity contribution in [1.82, 2.24) is 15.6 Å². The Balaban J connectivity index is 1.23. The third-order valence-electron chi connectivity index (χ3n) is 8.91. The molecule has 0 aliphatic carbocycles. The molecule has 0 saturated heterocycles. The minimum atomic E-state index is -0.661. The smallest absolute Gasteiger partial charge is 0.307 e. The van der Waals surface area contributed by atoms with Crippen molar-refractivity contribution in [3.05, 3.63) is 106 Å². The fraction of sp³-hybridized carbons (Fsp3) is 0.442. The van der Waals surface area contributed by atoms with Crippen LogP contribution >= 0.6 is 0 Å². The van der Waals surface area contributed by atoms with Crippen molar-refractivity contribution in [2.45, 2.75) is 45.1 Å². The summed E-state index contributed by atoms with van der Waals surface area (Å²) in [4.78, 5) is 44.8. The van der Waals surface area contributed by atoms with Gasteiger partial charge < -0.3 is 39.1 Å². The van der Waals surface area contributed by atoms with E-state index in [0.717, 1.165) is 46.0 Å². The quantitative estimate of drug-likeness (QED) is 0.0219. The Bertz CT molecular complexity index is 1920. The molecule has 15 nitrogen and oxygen atoms in total. The van der Waals surface area contributed by atoms with Crippen LogP contribution in [0, 0.1) is 6.92 Å². The van der Waals surface area contributed by atoms with Crippen LogP contribution < -0.4 is 15.4 Å². The lowest BCUT2D eigenvalue weighted by Gasteiger charge is -2.19. The summed E-state index contributed by atoms with van der Waals surface area (Å²) >= 11 is 0. The molecule has 3 aromatic carbocycles. The molecule has 1 heterocycles. The molecule has 4 aromatic rings. The number of unbranched alkanes of at least 4 members (excludes halogenated alkanes) is 1. The van der Waals surface area contributed by atoms with Crippen LogP contribution in [0.4, 0.5) is 0 Å². The highest BCUT2D eigenvalue weighted by atomic mass is 16.6. The van der Waals surface area contributed by atoms with Crippen molar-refractivity contribution < 1.29 is 42.8 Å². The van der Waals surface area contributed by atoms with Crippen LogP contribution in [0.15, 0.2) is 84.1 Å². The molecule has 0 unspecified atom stereocenters. The maximum absolute atomic E-state index is 12.9. The van der Waals surface area contributed by atoms with Crippen molar-refractivity contribution in [2.75, 3.05) is 79.7 Å². The number of ether oxygens (including phenoxy) is 6. The molecular formula is C43H54N6O9. The number of esters is 1. The Labute approximate surface area is 339 Å². The molecule has 0 bridgehead atoms. The van der Waals surface area contributed by atoms with Gasteiger partial charge in [0, 0.05) is 29.8 Å². The molecule has 2 N–H and O–H groups in total. The predicted octanol–water partition coefficient (Wildman–Crippen LogP) is 6.22. The Morgan fingerprint density at radius 3 is 2.19 bits per heavy atom. The summed E-state index contributed by atoms with van der Waals surface area (Å²) in [5, 5.41) is 11.0. The zero-order valence-corrected chi connectivity index (χ0v) is 33.4. The Morgan fingerprint density at radius 1 is 0.810 bits per heavy atom. The second-order valence-electron chi connectivity index (χ2n) is 13.3. The third-order valence-corrected chi connectivity index (χ3v) is 8.91. The third kappa shape index (κ3) is 16.9. The maximum atomic E-state index is 12.9. The predicted molar refractivity (Wildman–Crippen MR) is 219 cm³/mol. The Kier molecular flexibility index (Phi) is 20.5. The standard InChI is InChI=1S/C43H54N6O9/c1-32-15-16-45-36(27-32)8-4-6-10-41(50)46-31-42(51)48-40(30-43(52)53-2)34-13-11-33(12-14-34)39-29-37(28-35-7-3-5-9-38(35)39)58-26-25-57-24-23-56-22-21-55-20-19-54-18-17-47-49-44/h3,5,7,9,11-16,27-29,40H,4,6,8,10,17-26,30-31H2,1-2H3,(H,46,50)(H,48,51)/t40-/m0/s1. The van der Waals surface area contributed by atoms with Gasteiger partial charge in [0.1, 0.15) is 12.4 Å². The lowest BCUT2D eigenvalue weighted by molar-refractivity contribution is -0.141. The lowest BCUT2D eigenvalue weighted by Crippen LogP contribution is -2.39. The van der Waals surface area contributed by atoms with Crippen LogP contribution in [0.5, 0.6) is 5.75 Å². The Morgan fingerprint density at radius 2 is 1.50 bits per heavy atom. The second kappa shape index (κ2) is 26.4. The van der Waals surface area contributed by atoms with Crippen molar-refractivity contribution in [1.29, 1.82) is 0 Å². The largest absolute Gasteiger partial charge is 0.491 e. The first-order valence-corrected chi connectivity index (χ1v) is 19.5. The van der Waals surface area contributed by atoms with E-state index in [1.54, 1.807) is 6.20 Å². The summed E-state index contributed by atoms with van der Waals surface area (Å²) in [6.07, 6.45) is 4.29. The van der Waals surface area contributed by atoms with Crippen molar-refractivity contribution >= 4 is 28.6 Å². The van der Waals surface area contributed by atoms with E-state index in [1.807, 2.05) is 73.7 Å². The normalized spacial score (nSPS) is 11.4. The number of fused-ring (bicyclic) bond motifs is 1. The summed E-state index contributed by atoms with van der Waals surface area (Å²) in [7, 11) is 1.30. The summed E-state index contributed by atoms with van der Waals surface area (Å²) < 4.78 is 32.9. The SMILES string of the molecule is COC(=O)C[C@H](NC(=O)CNC(=O)CCCCc1cc(C)ccn1)c1ccc(-c2cc(OCCOCCOCCOCCOCCN=[N+]=[N-])cc3ccccc23)cc1. The van der Waals surface area contributed by atoms with Gasteiger partial charge in [0.2, 0.25) is 11.8 Å². The number of benzene rings is 3. The summed E-state index contributed by atoms with van der Waals surface area (Å²) in [6, 6.07) is 23.0. The number of aryl methyl sites for hydroxylation is 2. The molecule has 0 aliphatic rings. The summed E-state index contributed by atoms with van der Waals surface area (Å²) in [5.74, 6) is -0.403. The zero-order valence-electron chi connectivity index (χ0n) is 33.4. The van der Waals surface area contributed by atoms with Gasteiger partial charge in [-0.15, -0.1) is 0 Å². The van der Waals surface area contributed by atoms with Gasteiger partial charge in [0.25, 0.3) is 0 Å². The average molecular weight is 799 g/mol. The molecule has 0 radical (unpaired) electrons. The van der Waals surface area contributed by atoms with Gasteiger partial charge in [-0.3, -0.25) is 19.4 Å². The molecule has 15 heteroatoms. The molecule has 2 amide bonds. The van der Waals surface area contributed by atoms with Gasteiger partial charge in [-0.2, -0.15) is 0 Å². The molecule has 0 fully saturated rings. The number of hydrogen-bond acceptors (Lipinski definition) is 11. The van der Waals surface area contributed by atoms with Crippen LogP contribution in [0.25, 0.3) is 32.3 Å². The molecule has 4 rings (SSSR count). The highest BCUT2D eigenvalue weighted by molar-refractivity contribution is 5.98. The number of rotatable bonds is 28. The minimum Gasteiger partial charge on any atom is -0.491 e. The molecular weight excluding hydrogens is 745 g/mol. The lowest BCUT2D eigenvalue weighted by atomic mass is 9.95. The van der Waals surface area contributed by atoms with Crippen LogP contribution in [-0.4, -0.2) is 102 Å². The number of nitrogens with one attached hydrogen (secondary N) is 2. The molecule has 58 heavy (non-hydrogen) atoms. The van der Waals surface area contributed by atoms with Crippen LogP contribution in [0.2, 0.25) is 0 Å². The monoisotopic (exact) mass is 798 g/mol. The van der Waals surface area contributed by atoms with Gasteiger partial charge in [-0.05, 0) is 89.0 Å². The highest BCUT2D eigenvalue weighted by Crippen LogP contribution is 2.34. The molecule has 310 valence electrons.